The minimum atomic E-state index is -0.460. The lowest BCUT2D eigenvalue weighted by Crippen LogP contribution is -2.16. The monoisotopic (exact) mass is 447 g/mol. The van der Waals surface area contributed by atoms with Gasteiger partial charge in [0.2, 0.25) is 0 Å². The summed E-state index contributed by atoms with van der Waals surface area (Å²) in [4.78, 5) is 24.1. The van der Waals surface area contributed by atoms with E-state index in [0.717, 1.165) is 5.56 Å². The van der Waals surface area contributed by atoms with Crippen LogP contribution >= 0.6 is 23.2 Å². The molecule has 158 valence electrons. The fourth-order valence-corrected chi connectivity index (χ4v) is 3.08. The quantitative estimate of drug-likeness (QED) is 0.224. The molecule has 0 saturated carbocycles. The van der Waals surface area contributed by atoms with Gasteiger partial charge in [0.05, 0.1) is 27.7 Å². The number of benzene rings is 2. The summed E-state index contributed by atoms with van der Waals surface area (Å²) in [5.74, 6) is -0.900. The van der Waals surface area contributed by atoms with E-state index in [1.54, 1.807) is 43.4 Å². The highest BCUT2D eigenvalue weighted by Crippen LogP contribution is 2.33. The van der Waals surface area contributed by atoms with Crippen molar-refractivity contribution >= 4 is 46.5 Å². The Morgan fingerprint density at radius 3 is 2.30 bits per heavy atom. The van der Waals surface area contributed by atoms with E-state index in [-0.39, 0.29) is 19.6 Å². The molecule has 0 aromatic heterocycles. The molecule has 0 unspecified atom stereocenters. The predicted octanol–water partition coefficient (Wildman–Crippen LogP) is 5.89. The molecule has 2 aromatic carbocycles. The molecule has 0 aliphatic carbocycles. The van der Waals surface area contributed by atoms with Crippen LogP contribution in [-0.2, 0) is 25.5 Å². The summed E-state index contributed by atoms with van der Waals surface area (Å²) in [5.41, 5.74) is 2.43. The number of rotatable bonds is 9. The largest absolute Gasteiger partial charge is 0.462 e. The number of hydrogen-bond donors (Lipinski definition) is 1. The lowest BCUT2D eigenvalue weighted by atomic mass is 10.1. The zero-order chi connectivity index (χ0) is 21.9. The zero-order valence-electron chi connectivity index (χ0n) is 16.8. The normalized spacial score (nSPS) is 11.4. The Balaban J connectivity index is 1.91. The van der Waals surface area contributed by atoms with E-state index >= 15 is 0 Å². The van der Waals surface area contributed by atoms with E-state index in [2.05, 4.69) is 5.32 Å². The van der Waals surface area contributed by atoms with E-state index in [0.29, 0.717) is 27.0 Å². The van der Waals surface area contributed by atoms with Crippen molar-refractivity contribution in [3.05, 3.63) is 81.9 Å². The van der Waals surface area contributed by atoms with Crippen LogP contribution in [0.1, 0.15) is 19.4 Å². The van der Waals surface area contributed by atoms with Gasteiger partial charge in [0.25, 0.3) is 0 Å². The highest BCUT2D eigenvalue weighted by atomic mass is 35.5. The third-order valence-corrected chi connectivity index (χ3v) is 4.68. The highest BCUT2D eigenvalue weighted by Gasteiger charge is 2.13. The van der Waals surface area contributed by atoms with E-state index in [1.807, 2.05) is 31.2 Å². The van der Waals surface area contributed by atoms with Crippen LogP contribution in [0.15, 0.2) is 66.3 Å². The predicted molar refractivity (Wildman–Crippen MR) is 120 cm³/mol. The van der Waals surface area contributed by atoms with Crippen LogP contribution in [0.4, 0.5) is 11.4 Å². The summed E-state index contributed by atoms with van der Waals surface area (Å²) in [6, 6.07) is 12.5. The number of halogens is 2. The topological polar surface area (TPSA) is 64.6 Å². The van der Waals surface area contributed by atoms with Gasteiger partial charge in [-0.05, 0) is 37.6 Å². The maximum absolute atomic E-state index is 12.2. The first-order valence-electron chi connectivity index (χ1n) is 9.37. The molecule has 0 heterocycles. The van der Waals surface area contributed by atoms with Crippen LogP contribution in [0, 0.1) is 0 Å². The standard InChI is InChI=1S/C23H23Cl2NO4/c1-3-8-16(4-2)23(28)30-14-13-29-21(27)15-17-9-5-6-12-20(17)26-22-18(24)10-7-11-19(22)25/h3-12,26H,13-15H2,1-2H3/b8-3-,16-4+. The molecule has 0 amide bonds. The minimum Gasteiger partial charge on any atom is -0.462 e. The van der Waals surface area contributed by atoms with Crippen LogP contribution in [0.3, 0.4) is 0 Å². The Kier molecular flexibility index (Phi) is 9.45. The van der Waals surface area contributed by atoms with Gasteiger partial charge in [0.1, 0.15) is 13.2 Å². The molecular formula is C23H23Cl2NO4. The van der Waals surface area contributed by atoms with Crippen molar-refractivity contribution in [2.45, 2.75) is 20.3 Å². The van der Waals surface area contributed by atoms with Gasteiger partial charge in [0, 0.05) is 5.69 Å². The molecule has 30 heavy (non-hydrogen) atoms. The summed E-state index contributed by atoms with van der Waals surface area (Å²) in [5, 5.41) is 4.12. The highest BCUT2D eigenvalue weighted by molar-refractivity contribution is 6.39. The maximum atomic E-state index is 12.2. The molecule has 2 rings (SSSR count). The van der Waals surface area contributed by atoms with Crippen LogP contribution in [0.25, 0.3) is 0 Å². The Labute approximate surface area is 186 Å². The second-order valence-electron chi connectivity index (χ2n) is 6.16. The van der Waals surface area contributed by atoms with E-state index in [9.17, 15) is 9.59 Å². The van der Waals surface area contributed by atoms with Gasteiger partial charge < -0.3 is 14.8 Å². The van der Waals surface area contributed by atoms with Crippen molar-refractivity contribution in [1.29, 1.82) is 0 Å². The summed E-state index contributed by atoms with van der Waals surface area (Å²) in [7, 11) is 0. The summed E-state index contributed by atoms with van der Waals surface area (Å²) >= 11 is 12.4. The number of allylic oxidation sites excluding steroid dienone is 2. The number of ether oxygens (including phenoxy) is 2. The molecule has 5 nitrogen and oxygen atoms in total. The van der Waals surface area contributed by atoms with E-state index in [1.165, 1.54) is 0 Å². The number of esters is 2. The molecule has 2 aromatic rings. The lowest BCUT2D eigenvalue weighted by molar-refractivity contribution is -0.149. The van der Waals surface area contributed by atoms with Gasteiger partial charge in [0.15, 0.2) is 0 Å². The Hall–Kier alpha value is -2.76. The molecule has 0 atom stereocenters. The van der Waals surface area contributed by atoms with Crippen molar-refractivity contribution in [2.75, 3.05) is 18.5 Å². The molecule has 0 radical (unpaired) electrons. The van der Waals surface area contributed by atoms with Gasteiger partial charge in [-0.1, -0.05) is 65.7 Å². The van der Waals surface area contributed by atoms with Gasteiger partial charge in [-0.25, -0.2) is 4.79 Å². The summed E-state index contributed by atoms with van der Waals surface area (Å²) < 4.78 is 10.3. The molecule has 0 aliphatic heterocycles. The van der Waals surface area contributed by atoms with Gasteiger partial charge >= 0.3 is 11.9 Å². The lowest BCUT2D eigenvalue weighted by Gasteiger charge is -2.14. The van der Waals surface area contributed by atoms with Crippen molar-refractivity contribution in [3.63, 3.8) is 0 Å². The third-order valence-electron chi connectivity index (χ3n) is 4.05. The summed E-state index contributed by atoms with van der Waals surface area (Å²) in [6.45, 7) is 3.51. The molecule has 1 N–H and O–H groups in total. The van der Waals surface area contributed by atoms with Crippen LogP contribution < -0.4 is 5.32 Å². The number of anilines is 2. The molecule has 0 saturated heterocycles. The Morgan fingerprint density at radius 2 is 1.63 bits per heavy atom. The number of carbonyl (C=O) groups is 2. The van der Waals surface area contributed by atoms with E-state index in [4.69, 9.17) is 32.7 Å². The first kappa shape index (κ1) is 23.5. The van der Waals surface area contributed by atoms with Gasteiger partial charge in [-0.2, -0.15) is 0 Å². The molecule has 0 spiro atoms. The second kappa shape index (κ2) is 12.1. The molecule has 7 heteroatoms. The first-order valence-corrected chi connectivity index (χ1v) is 10.1. The number of nitrogens with one attached hydrogen (secondary N) is 1. The third kappa shape index (κ3) is 6.94. The molecule has 0 bridgehead atoms. The van der Waals surface area contributed by atoms with Crippen LogP contribution in [0.5, 0.6) is 0 Å². The summed E-state index contributed by atoms with van der Waals surface area (Å²) in [6.07, 6.45) is 5.10. The van der Waals surface area contributed by atoms with Gasteiger partial charge in [-0.3, -0.25) is 4.79 Å². The van der Waals surface area contributed by atoms with Crippen molar-refractivity contribution in [2.24, 2.45) is 0 Å². The van der Waals surface area contributed by atoms with Crippen molar-refractivity contribution < 1.29 is 19.1 Å². The number of para-hydroxylation sites is 2. The molecular weight excluding hydrogens is 425 g/mol. The minimum absolute atomic E-state index is 0.0193. The zero-order valence-corrected chi connectivity index (χ0v) is 18.3. The average molecular weight is 448 g/mol. The molecule has 0 aliphatic rings. The number of carbonyl (C=O) groups excluding carboxylic acids is 2. The maximum Gasteiger partial charge on any atom is 0.337 e. The first-order chi connectivity index (χ1) is 14.5. The fraction of sp³-hybridized carbons (Fsp3) is 0.217. The Bertz CT molecular complexity index is 934. The fourth-order valence-electron chi connectivity index (χ4n) is 2.59. The average Bonchev–Trinajstić information content (AvgIpc) is 2.73. The van der Waals surface area contributed by atoms with Gasteiger partial charge in [-0.15, -0.1) is 0 Å². The smallest absolute Gasteiger partial charge is 0.337 e. The van der Waals surface area contributed by atoms with Crippen molar-refractivity contribution in [1.82, 2.24) is 0 Å². The SMILES string of the molecule is C/C=C\C(=C/C)C(=O)OCCOC(=O)Cc1ccccc1Nc1c(Cl)cccc1Cl. The Morgan fingerprint density at radius 1 is 0.967 bits per heavy atom. The van der Waals surface area contributed by atoms with Crippen LogP contribution in [-0.4, -0.2) is 25.2 Å². The van der Waals surface area contributed by atoms with Crippen molar-refractivity contribution in [3.8, 4) is 0 Å². The second-order valence-corrected chi connectivity index (χ2v) is 6.97. The molecule has 0 fully saturated rings. The van der Waals surface area contributed by atoms with E-state index < -0.39 is 11.9 Å². The number of hydrogen-bond acceptors (Lipinski definition) is 5. The van der Waals surface area contributed by atoms with Crippen LogP contribution in [0.2, 0.25) is 10.0 Å².